The van der Waals surface area contributed by atoms with Gasteiger partial charge in [-0.25, -0.2) is 0 Å². The molecule has 0 aromatic carbocycles. The lowest BCUT2D eigenvalue weighted by Gasteiger charge is -2.46. The van der Waals surface area contributed by atoms with Crippen LogP contribution >= 0.6 is 0 Å². The molecule has 3 heteroatoms. The van der Waals surface area contributed by atoms with E-state index in [9.17, 15) is 4.79 Å². The maximum absolute atomic E-state index is 12.8. The summed E-state index contributed by atoms with van der Waals surface area (Å²) in [5.74, 6) is 1.83. The maximum Gasteiger partial charge on any atom is 0.311 e. The van der Waals surface area contributed by atoms with Gasteiger partial charge in [0.25, 0.3) is 0 Å². The molecular weight excluding hydrogens is 334 g/mol. The van der Waals surface area contributed by atoms with Crippen molar-refractivity contribution in [3.05, 3.63) is 11.6 Å². The molecule has 1 saturated carbocycles. The number of ether oxygens (including phenoxy) is 1. The van der Waals surface area contributed by atoms with Crippen molar-refractivity contribution in [2.45, 2.75) is 79.2 Å². The van der Waals surface area contributed by atoms with Crippen molar-refractivity contribution in [1.29, 1.82) is 0 Å². The van der Waals surface area contributed by atoms with Crippen molar-refractivity contribution in [2.75, 3.05) is 19.6 Å². The molecule has 2 aliphatic heterocycles. The lowest BCUT2D eigenvalue weighted by molar-refractivity contribution is -0.145. The van der Waals surface area contributed by atoms with Gasteiger partial charge in [-0.05, 0) is 61.3 Å². The predicted molar refractivity (Wildman–Crippen MR) is 109 cm³/mol. The molecule has 0 radical (unpaired) electrons. The highest BCUT2D eigenvalue weighted by Crippen LogP contribution is 2.54. The van der Waals surface area contributed by atoms with Crippen LogP contribution in [0.3, 0.4) is 0 Å². The van der Waals surface area contributed by atoms with Crippen LogP contribution in [0.1, 0.15) is 73.1 Å². The molecule has 152 valence electrons. The molecule has 0 N–H and O–H groups in total. The van der Waals surface area contributed by atoms with Crippen LogP contribution in [-0.4, -0.2) is 36.6 Å². The van der Waals surface area contributed by atoms with E-state index in [1.54, 1.807) is 5.57 Å². The normalized spacial score (nSPS) is 44.7. The molecule has 0 aromatic rings. The number of carbonyl (C=O) groups is 1. The summed E-state index contributed by atoms with van der Waals surface area (Å²) < 4.78 is 5.96. The van der Waals surface area contributed by atoms with Gasteiger partial charge in [-0.15, -0.1) is 0 Å². The minimum atomic E-state index is 0.0328. The molecule has 6 atom stereocenters. The summed E-state index contributed by atoms with van der Waals surface area (Å²) in [6.45, 7) is 15.0. The van der Waals surface area contributed by atoms with Crippen LogP contribution in [0.4, 0.5) is 0 Å². The van der Waals surface area contributed by atoms with Gasteiger partial charge in [0.05, 0.1) is 5.92 Å². The first-order valence-electron chi connectivity index (χ1n) is 11.3. The fraction of sp³-hybridized carbons (Fsp3) is 0.875. The number of hydrogen-bond acceptors (Lipinski definition) is 3. The first-order chi connectivity index (χ1) is 12.7. The number of esters is 1. The van der Waals surface area contributed by atoms with E-state index in [2.05, 4.69) is 45.6 Å². The Morgan fingerprint density at radius 3 is 2.74 bits per heavy atom. The third-order valence-electron chi connectivity index (χ3n) is 8.03. The van der Waals surface area contributed by atoms with Gasteiger partial charge in [0.15, 0.2) is 0 Å². The average Bonchev–Trinajstić information content (AvgIpc) is 2.76. The SMILES string of the molecule is C[C@H]1CCN(C[C@@H]2C(=O)O[C@@H]3C[C@@]4(C)CCC[C@H](C)C4=C[C@H]23)CC(C)(C)C1. The Balaban J connectivity index is 1.54. The molecule has 0 amide bonds. The van der Waals surface area contributed by atoms with Gasteiger partial charge >= 0.3 is 5.97 Å². The molecule has 0 spiro atoms. The highest BCUT2D eigenvalue weighted by molar-refractivity contribution is 5.76. The molecule has 0 aromatic heterocycles. The van der Waals surface area contributed by atoms with E-state index in [0.29, 0.717) is 17.3 Å². The molecule has 4 aliphatic rings. The lowest BCUT2D eigenvalue weighted by atomic mass is 9.59. The summed E-state index contributed by atoms with van der Waals surface area (Å²) in [5, 5.41) is 0. The van der Waals surface area contributed by atoms with Crippen LogP contribution in [0.25, 0.3) is 0 Å². The summed E-state index contributed by atoms with van der Waals surface area (Å²) in [6, 6.07) is 0. The molecule has 0 unspecified atom stereocenters. The predicted octanol–water partition coefficient (Wildman–Crippen LogP) is 5.06. The zero-order valence-corrected chi connectivity index (χ0v) is 18.1. The first-order valence-corrected chi connectivity index (χ1v) is 11.3. The van der Waals surface area contributed by atoms with E-state index >= 15 is 0 Å². The number of fused-ring (bicyclic) bond motifs is 2. The van der Waals surface area contributed by atoms with Crippen molar-refractivity contribution in [1.82, 2.24) is 4.90 Å². The van der Waals surface area contributed by atoms with E-state index in [0.717, 1.165) is 32.0 Å². The molecular formula is C24H39NO2. The highest BCUT2D eigenvalue weighted by atomic mass is 16.6. The number of hydrogen-bond donors (Lipinski definition) is 0. The fourth-order valence-corrected chi connectivity index (χ4v) is 6.89. The van der Waals surface area contributed by atoms with Crippen molar-refractivity contribution < 1.29 is 9.53 Å². The monoisotopic (exact) mass is 373 g/mol. The van der Waals surface area contributed by atoms with Crippen molar-refractivity contribution in [3.8, 4) is 0 Å². The van der Waals surface area contributed by atoms with E-state index in [1.165, 1.54) is 32.1 Å². The van der Waals surface area contributed by atoms with E-state index < -0.39 is 0 Å². The van der Waals surface area contributed by atoms with Crippen molar-refractivity contribution in [3.63, 3.8) is 0 Å². The van der Waals surface area contributed by atoms with Gasteiger partial charge in [-0.1, -0.05) is 52.7 Å². The molecule has 3 fully saturated rings. The second-order valence-corrected chi connectivity index (χ2v) is 11.3. The second-order valence-electron chi connectivity index (χ2n) is 11.3. The van der Waals surface area contributed by atoms with Gasteiger partial charge in [-0.3, -0.25) is 4.79 Å². The van der Waals surface area contributed by atoms with E-state index in [1.807, 2.05) is 0 Å². The number of carbonyl (C=O) groups excluding carboxylic acids is 1. The third-order valence-corrected chi connectivity index (χ3v) is 8.03. The number of likely N-dealkylation sites (tertiary alicyclic amines) is 1. The first kappa shape index (κ1) is 19.5. The number of rotatable bonds is 2. The molecule has 27 heavy (non-hydrogen) atoms. The van der Waals surface area contributed by atoms with Gasteiger partial charge in [0, 0.05) is 19.0 Å². The summed E-state index contributed by atoms with van der Waals surface area (Å²) in [5.41, 5.74) is 2.22. The maximum atomic E-state index is 12.8. The van der Waals surface area contributed by atoms with Gasteiger partial charge in [0.2, 0.25) is 0 Å². The van der Waals surface area contributed by atoms with Gasteiger partial charge < -0.3 is 9.64 Å². The minimum absolute atomic E-state index is 0.0328. The third kappa shape index (κ3) is 3.73. The highest BCUT2D eigenvalue weighted by Gasteiger charge is 2.52. The van der Waals surface area contributed by atoms with Crippen LogP contribution in [0.15, 0.2) is 11.6 Å². The van der Waals surface area contributed by atoms with Gasteiger partial charge in [0.1, 0.15) is 6.10 Å². The summed E-state index contributed by atoms with van der Waals surface area (Å²) in [7, 11) is 0. The van der Waals surface area contributed by atoms with E-state index in [-0.39, 0.29) is 23.4 Å². The molecule has 2 saturated heterocycles. The summed E-state index contributed by atoms with van der Waals surface area (Å²) in [6.07, 6.45) is 10.0. The van der Waals surface area contributed by atoms with Crippen LogP contribution in [0.2, 0.25) is 0 Å². The Bertz CT molecular complexity index is 624. The Hall–Kier alpha value is -0.830. The average molecular weight is 374 g/mol. The topological polar surface area (TPSA) is 29.5 Å². The van der Waals surface area contributed by atoms with Gasteiger partial charge in [-0.2, -0.15) is 0 Å². The Morgan fingerprint density at radius 2 is 1.96 bits per heavy atom. The molecule has 3 nitrogen and oxygen atoms in total. The second kappa shape index (κ2) is 6.90. The molecule has 2 heterocycles. The van der Waals surface area contributed by atoms with Crippen LogP contribution in [-0.2, 0) is 9.53 Å². The van der Waals surface area contributed by atoms with Crippen LogP contribution in [0.5, 0.6) is 0 Å². The molecule has 0 bridgehead atoms. The fourth-order valence-electron chi connectivity index (χ4n) is 6.89. The zero-order valence-electron chi connectivity index (χ0n) is 18.1. The van der Waals surface area contributed by atoms with Crippen LogP contribution in [0, 0.1) is 34.5 Å². The van der Waals surface area contributed by atoms with Crippen molar-refractivity contribution >= 4 is 5.97 Å². The standard InChI is InChI=1S/C24H39NO2/c1-16-8-10-25(15-23(3,4)12-16)14-19-18-11-20-17(2)7-6-9-24(20,5)13-21(18)27-22(19)26/h11,16-19,21H,6-10,12-15H2,1-5H3/t16-,17-,18+,19-,21+,24+/m0/s1. The quantitative estimate of drug-likeness (QED) is 0.500. The Morgan fingerprint density at radius 1 is 1.19 bits per heavy atom. The van der Waals surface area contributed by atoms with E-state index in [4.69, 9.17) is 4.74 Å². The van der Waals surface area contributed by atoms with Crippen LogP contribution < -0.4 is 0 Å². The largest absolute Gasteiger partial charge is 0.461 e. The Kier molecular flexibility index (Phi) is 4.98. The Labute approximate surface area is 165 Å². The summed E-state index contributed by atoms with van der Waals surface area (Å²) >= 11 is 0. The number of allylic oxidation sites excluding steroid dienone is 1. The zero-order chi connectivity index (χ0) is 19.4. The molecule has 2 aliphatic carbocycles. The van der Waals surface area contributed by atoms with Crippen molar-refractivity contribution in [2.24, 2.45) is 34.5 Å². The minimum Gasteiger partial charge on any atom is -0.461 e. The lowest BCUT2D eigenvalue weighted by Crippen LogP contribution is -2.42. The smallest absolute Gasteiger partial charge is 0.311 e. The molecule has 4 rings (SSSR count). The summed E-state index contributed by atoms with van der Waals surface area (Å²) in [4.78, 5) is 15.4. The number of nitrogens with zero attached hydrogens (tertiary/aromatic N) is 1.